The second kappa shape index (κ2) is 4.76. The first-order valence-electron chi connectivity index (χ1n) is 5.98. The van der Waals surface area contributed by atoms with Gasteiger partial charge < -0.3 is 10.5 Å². The summed E-state index contributed by atoms with van der Waals surface area (Å²) in [5.74, 6) is 0. The Bertz CT molecular complexity index is 597. The molecule has 0 saturated carbocycles. The van der Waals surface area contributed by atoms with Crippen molar-refractivity contribution in [3.8, 4) is 11.3 Å². The van der Waals surface area contributed by atoms with Crippen LogP contribution in [0.3, 0.4) is 0 Å². The summed E-state index contributed by atoms with van der Waals surface area (Å²) in [6, 6.07) is 7.34. The Kier molecular flexibility index (Phi) is 3.29. The molecule has 1 heterocycles. The Labute approximate surface area is 112 Å². The topological polar surface area (TPSA) is 70.1 Å². The molecule has 0 aliphatic carbocycles. The Morgan fingerprint density at radius 2 is 2.11 bits per heavy atom. The van der Waals surface area contributed by atoms with Gasteiger partial charge in [0.2, 0.25) is 0 Å². The summed E-state index contributed by atoms with van der Waals surface area (Å²) in [7, 11) is 0. The molecule has 0 bridgehead atoms. The predicted molar refractivity (Wildman–Crippen MR) is 73.7 cm³/mol. The van der Waals surface area contributed by atoms with Crippen molar-refractivity contribution in [2.24, 2.45) is 0 Å². The number of aromatic nitrogens is 2. The molecule has 2 aromatic rings. The van der Waals surface area contributed by atoms with Crippen LogP contribution in [0, 0.1) is 0 Å². The molecule has 0 amide bonds. The van der Waals surface area contributed by atoms with Gasteiger partial charge in [-0.2, -0.15) is 0 Å². The predicted octanol–water partition coefficient (Wildman–Crippen LogP) is 2.92. The van der Waals surface area contributed by atoms with Gasteiger partial charge >= 0.3 is 6.09 Å². The van der Waals surface area contributed by atoms with E-state index in [1.165, 1.54) is 10.9 Å². The van der Waals surface area contributed by atoms with Crippen molar-refractivity contribution in [2.75, 3.05) is 5.73 Å². The van der Waals surface area contributed by atoms with Crippen molar-refractivity contribution in [1.29, 1.82) is 0 Å². The van der Waals surface area contributed by atoms with Crippen LogP contribution in [0.15, 0.2) is 36.8 Å². The van der Waals surface area contributed by atoms with Crippen molar-refractivity contribution in [1.82, 2.24) is 9.55 Å². The molecule has 0 atom stereocenters. The van der Waals surface area contributed by atoms with Crippen molar-refractivity contribution in [3.05, 3.63) is 36.8 Å². The molecule has 100 valence electrons. The number of carbonyl (C=O) groups is 1. The van der Waals surface area contributed by atoms with Gasteiger partial charge in [0.1, 0.15) is 11.9 Å². The zero-order valence-electron chi connectivity index (χ0n) is 11.3. The highest BCUT2D eigenvalue weighted by atomic mass is 16.6. The first-order valence-corrected chi connectivity index (χ1v) is 5.98. The van der Waals surface area contributed by atoms with Crippen LogP contribution in [0.2, 0.25) is 0 Å². The fourth-order valence-electron chi connectivity index (χ4n) is 1.58. The fourth-order valence-corrected chi connectivity index (χ4v) is 1.58. The molecule has 19 heavy (non-hydrogen) atoms. The zero-order chi connectivity index (χ0) is 14.0. The molecule has 0 spiro atoms. The van der Waals surface area contributed by atoms with E-state index in [0.29, 0.717) is 11.4 Å². The number of rotatable bonds is 1. The van der Waals surface area contributed by atoms with E-state index < -0.39 is 11.7 Å². The Morgan fingerprint density at radius 3 is 2.74 bits per heavy atom. The largest absolute Gasteiger partial charge is 0.443 e. The molecule has 1 aromatic heterocycles. The number of benzene rings is 1. The number of nitrogen functional groups attached to an aromatic ring is 1. The summed E-state index contributed by atoms with van der Waals surface area (Å²) in [5, 5.41) is 0. The first-order chi connectivity index (χ1) is 8.85. The van der Waals surface area contributed by atoms with E-state index in [9.17, 15) is 4.79 Å². The van der Waals surface area contributed by atoms with Crippen molar-refractivity contribution >= 4 is 11.8 Å². The van der Waals surface area contributed by atoms with Crippen LogP contribution in [0.4, 0.5) is 10.5 Å². The van der Waals surface area contributed by atoms with Crippen LogP contribution in [-0.2, 0) is 4.74 Å². The average Bonchev–Trinajstić information content (AvgIpc) is 2.75. The maximum atomic E-state index is 11.8. The van der Waals surface area contributed by atoms with Crippen molar-refractivity contribution in [2.45, 2.75) is 26.4 Å². The molecule has 0 aliphatic rings. The lowest BCUT2D eigenvalue weighted by molar-refractivity contribution is 0.0536. The van der Waals surface area contributed by atoms with Gasteiger partial charge in [-0.1, -0.05) is 12.1 Å². The second-order valence-corrected chi connectivity index (χ2v) is 5.27. The normalized spacial score (nSPS) is 11.3. The Hall–Kier alpha value is -2.30. The SMILES string of the molecule is CC(C)(C)OC(=O)n1cnc(-c2cccc(N)c2)c1. The van der Waals surface area contributed by atoms with Crippen LogP contribution in [-0.4, -0.2) is 21.2 Å². The summed E-state index contributed by atoms with van der Waals surface area (Å²) in [6.07, 6.45) is 2.62. The molecule has 0 radical (unpaired) electrons. The van der Waals surface area contributed by atoms with Crippen LogP contribution in [0.5, 0.6) is 0 Å². The molecule has 0 unspecified atom stereocenters. The van der Waals surface area contributed by atoms with E-state index >= 15 is 0 Å². The second-order valence-electron chi connectivity index (χ2n) is 5.27. The lowest BCUT2D eigenvalue weighted by atomic mass is 10.1. The molecule has 5 nitrogen and oxygen atoms in total. The van der Waals surface area contributed by atoms with Crippen LogP contribution < -0.4 is 5.73 Å². The van der Waals surface area contributed by atoms with E-state index in [2.05, 4.69) is 4.98 Å². The van der Waals surface area contributed by atoms with Gasteiger partial charge in [-0.05, 0) is 32.9 Å². The molecule has 2 rings (SSSR count). The molecule has 0 aliphatic heterocycles. The zero-order valence-corrected chi connectivity index (χ0v) is 11.3. The molecule has 0 fully saturated rings. The molecule has 1 aromatic carbocycles. The number of nitrogens with two attached hydrogens (primary N) is 1. The van der Waals surface area contributed by atoms with Crippen LogP contribution in [0.1, 0.15) is 20.8 Å². The highest BCUT2D eigenvalue weighted by Gasteiger charge is 2.18. The molecule has 5 heteroatoms. The molecular weight excluding hydrogens is 242 g/mol. The quantitative estimate of drug-likeness (QED) is 0.799. The van der Waals surface area contributed by atoms with Gasteiger partial charge in [-0.25, -0.2) is 14.3 Å². The lowest BCUT2D eigenvalue weighted by Gasteiger charge is -2.19. The average molecular weight is 259 g/mol. The Morgan fingerprint density at radius 1 is 1.37 bits per heavy atom. The van der Waals surface area contributed by atoms with E-state index in [4.69, 9.17) is 10.5 Å². The third-order valence-electron chi connectivity index (χ3n) is 2.37. The summed E-state index contributed by atoms with van der Waals surface area (Å²) in [6.45, 7) is 5.46. The number of hydrogen-bond donors (Lipinski definition) is 1. The number of nitrogens with zero attached hydrogens (tertiary/aromatic N) is 2. The summed E-state index contributed by atoms with van der Waals surface area (Å²) >= 11 is 0. The van der Waals surface area contributed by atoms with Gasteiger partial charge in [0.25, 0.3) is 0 Å². The third-order valence-corrected chi connectivity index (χ3v) is 2.37. The molecular formula is C14H17N3O2. The number of anilines is 1. The number of carbonyl (C=O) groups excluding carboxylic acids is 1. The van der Waals surface area contributed by atoms with E-state index in [-0.39, 0.29) is 0 Å². The van der Waals surface area contributed by atoms with Gasteiger partial charge in [-0.3, -0.25) is 0 Å². The first kappa shape index (κ1) is 13.1. The third kappa shape index (κ3) is 3.34. The van der Waals surface area contributed by atoms with E-state index in [0.717, 1.165) is 5.56 Å². The van der Waals surface area contributed by atoms with E-state index in [1.807, 2.05) is 39.0 Å². The van der Waals surface area contributed by atoms with Crippen LogP contribution >= 0.6 is 0 Å². The monoisotopic (exact) mass is 259 g/mol. The van der Waals surface area contributed by atoms with Gasteiger partial charge in [0.15, 0.2) is 0 Å². The summed E-state index contributed by atoms with van der Waals surface area (Å²) in [5.41, 5.74) is 7.39. The fraction of sp³-hybridized carbons (Fsp3) is 0.286. The minimum absolute atomic E-state index is 0.449. The summed E-state index contributed by atoms with van der Waals surface area (Å²) < 4.78 is 6.58. The molecule has 0 saturated heterocycles. The Balaban J connectivity index is 2.22. The number of imidazole rings is 1. The van der Waals surface area contributed by atoms with Gasteiger partial charge in [0.05, 0.1) is 5.69 Å². The summed E-state index contributed by atoms with van der Waals surface area (Å²) in [4.78, 5) is 16.0. The van der Waals surface area contributed by atoms with Gasteiger partial charge in [-0.15, -0.1) is 0 Å². The number of ether oxygens (including phenoxy) is 1. The minimum atomic E-state index is -0.529. The van der Waals surface area contributed by atoms with Crippen molar-refractivity contribution in [3.63, 3.8) is 0 Å². The smallest absolute Gasteiger partial charge is 0.419 e. The van der Waals surface area contributed by atoms with E-state index in [1.54, 1.807) is 12.3 Å². The maximum absolute atomic E-state index is 11.8. The molecule has 2 N–H and O–H groups in total. The number of hydrogen-bond acceptors (Lipinski definition) is 4. The highest BCUT2D eigenvalue weighted by Crippen LogP contribution is 2.19. The van der Waals surface area contributed by atoms with Crippen molar-refractivity contribution < 1.29 is 9.53 Å². The minimum Gasteiger partial charge on any atom is -0.443 e. The lowest BCUT2D eigenvalue weighted by Crippen LogP contribution is -2.26. The highest BCUT2D eigenvalue weighted by molar-refractivity contribution is 5.73. The maximum Gasteiger partial charge on any atom is 0.419 e. The van der Waals surface area contributed by atoms with Gasteiger partial charge in [0, 0.05) is 17.4 Å². The standard InChI is InChI=1S/C14H17N3O2/c1-14(2,3)19-13(18)17-8-12(16-9-17)10-5-4-6-11(15)7-10/h4-9H,15H2,1-3H3. The van der Waals surface area contributed by atoms with Crippen LogP contribution in [0.25, 0.3) is 11.3 Å².